The summed E-state index contributed by atoms with van der Waals surface area (Å²) in [5, 5.41) is 0. The minimum Gasteiger partial charge on any atom is -0.403 e. The molecule has 0 amide bonds. The first-order chi connectivity index (χ1) is 29.5. The van der Waals surface area contributed by atoms with Gasteiger partial charge in [0, 0.05) is 5.82 Å². The van der Waals surface area contributed by atoms with Crippen molar-refractivity contribution in [3.63, 3.8) is 0 Å². The summed E-state index contributed by atoms with van der Waals surface area (Å²) in [4.78, 5) is 0. The maximum absolute atomic E-state index is 6.87. The second kappa shape index (κ2) is 18.9. The van der Waals surface area contributed by atoms with Crippen LogP contribution in [0.25, 0.3) is 5.57 Å². The van der Waals surface area contributed by atoms with Gasteiger partial charge in [-0.2, -0.15) is 0 Å². The highest BCUT2D eigenvalue weighted by Crippen LogP contribution is 2.60. The van der Waals surface area contributed by atoms with E-state index in [1.54, 1.807) is 0 Å². The molecule has 0 bridgehead atoms. The molecule has 2 fully saturated rings. The van der Waals surface area contributed by atoms with Crippen molar-refractivity contribution in [1.82, 2.24) is 0 Å². The van der Waals surface area contributed by atoms with E-state index in [0.717, 1.165) is 31.1 Å². The van der Waals surface area contributed by atoms with Crippen LogP contribution < -0.4 is 5.46 Å². The molecule has 0 N–H and O–H groups in total. The lowest BCUT2D eigenvalue weighted by molar-refractivity contribution is 0.00578. The topological polar surface area (TPSA) is 36.9 Å². The number of unbranched alkanes of at least 4 members (excludes halogenated alkanes) is 9. The smallest absolute Gasteiger partial charge is 0.403 e. The number of hydrogen-bond donors (Lipinski definition) is 0. The van der Waals surface area contributed by atoms with Crippen molar-refractivity contribution in [2.45, 2.75) is 219 Å². The van der Waals surface area contributed by atoms with Crippen molar-refractivity contribution in [3.8, 4) is 0 Å². The largest absolute Gasteiger partial charge is 0.494 e. The Bertz CT molecular complexity index is 2050. The van der Waals surface area contributed by atoms with E-state index in [9.17, 15) is 0 Å². The predicted molar refractivity (Wildman–Crippen MR) is 264 cm³/mol. The monoisotopic (exact) mass is 839 g/mol. The van der Waals surface area contributed by atoms with Gasteiger partial charge in [0.2, 0.25) is 0 Å². The number of fused-ring (bicyclic) bond motifs is 2. The Morgan fingerprint density at radius 3 is 1.55 bits per heavy atom. The number of benzene rings is 3. The van der Waals surface area contributed by atoms with E-state index in [1.807, 2.05) is 0 Å². The van der Waals surface area contributed by atoms with Crippen molar-refractivity contribution in [1.29, 1.82) is 0 Å². The molecule has 4 nitrogen and oxygen atoms in total. The predicted octanol–water partition coefficient (Wildman–Crippen LogP) is 14.2. The minimum absolute atomic E-state index is 0.0649. The Kier molecular flexibility index (Phi) is 14.4. The fourth-order valence-corrected chi connectivity index (χ4v) is 10.6. The molecule has 0 spiro atoms. The number of hydrogen-bond acceptors (Lipinski definition) is 4. The summed E-state index contributed by atoms with van der Waals surface area (Å²) in [5.74, 6) is 0.0649. The first kappa shape index (κ1) is 47.1. The van der Waals surface area contributed by atoms with Gasteiger partial charge in [-0.3, -0.25) is 0 Å². The molecule has 334 valence electrons. The number of aryl methyl sites for hydroxylation is 4. The lowest BCUT2D eigenvalue weighted by atomic mass is 9.59. The third-order valence-electron chi connectivity index (χ3n) is 15.6. The van der Waals surface area contributed by atoms with Crippen LogP contribution in [0.3, 0.4) is 0 Å². The Labute approximate surface area is 378 Å². The van der Waals surface area contributed by atoms with Gasteiger partial charge in [0.05, 0.1) is 27.8 Å². The second-order valence-electron chi connectivity index (χ2n) is 21.6. The molecule has 3 aromatic rings. The van der Waals surface area contributed by atoms with Crippen LogP contribution >= 0.6 is 0 Å². The van der Waals surface area contributed by atoms with Crippen LogP contribution in [0, 0.1) is 6.92 Å². The van der Waals surface area contributed by atoms with Gasteiger partial charge in [-0.05, 0) is 163 Å². The molecule has 2 aliphatic heterocycles. The molecule has 0 radical (unpaired) electrons. The van der Waals surface area contributed by atoms with Crippen molar-refractivity contribution >= 4 is 25.3 Å². The van der Waals surface area contributed by atoms with Gasteiger partial charge in [-0.25, -0.2) is 0 Å². The van der Waals surface area contributed by atoms with E-state index in [-0.39, 0.29) is 12.9 Å². The second-order valence-corrected chi connectivity index (χ2v) is 21.6. The van der Waals surface area contributed by atoms with Crippen molar-refractivity contribution in [3.05, 3.63) is 117 Å². The Hall–Kier alpha value is -2.89. The van der Waals surface area contributed by atoms with Gasteiger partial charge in [0.15, 0.2) is 0 Å². The molecule has 3 aromatic carbocycles. The standard InChI is InChI=1S/C56H80B2O4/c1-13-16-19-22-25-41-32-40(4)33-44(35-41)56(45-36-42(26-23-20-17-14-2)34-43(37-45)27-24-21-18-15-3)50-38-46(57-59-52(5,6)53(7,8)60-57)28-30-48(50)49-31-29-47(39-51(49)56)58-61-54(9,10)55(11,12)62-58/h28-38,47H,13-27,39H2,1-12H3. The summed E-state index contributed by atoms with van der Waals surface area (Å²) < 4.78 is 27.4. The van der Waals surface area contributed by atoms with Crippen LogP contribution in [0.1, 0.15) is 204 Å². The summed E-state index contributed by atoms with van der Waals surface area (Å²) in [7, 11) is -0.794. The van der Waals surface area contributed by atoms with Crippen molar-refractivity contribution in [2.24, 2.45) is 0 Å². The van der Waals surface area contributed by atoms with Gasteiger partial charge >= 0.3 is 14.2 Å². The highest BCUT2D eigenvalue weighted by molar-refractivity contribution is 6.62. The normalized spacial score (nSPS) is 23.1. The van der Waals surface area contributed by atoms with Gasteiger partial charge in [0.1, 0.15) is 0 Å². The first-order valence-corrected chi connectivity index (χ1v) is 25.0. The van der Waals surface area contributed by atoms with E-state index in [2.05, 4.69) is 150 Å². The quantitative estimate of drug-likeness (QED) is 0.0890. The molecule has 62 heavy (non-hydrogen) atoms. The fraction of sp³-hybridized carbons (Fsp3) is 0.607. The van der Waals surface area contributed by atoms with Gasteiger partial charge in [0.25, 0.3) is 0 Å². The summed E-state index contributed by atoms with van der Waals surface area (Å²) in [6, 6.07) is 22.5. The zero-order valence-electron chi connectivity index (χ0n) is 41.0. The van der Waals surface area contributed by atoms with Crippen LogP contribution in [-0.2, 0) is 43.3 Å². The van der Waals surface area contributed by atoms with E-state index in [0.29, 0.717) is 0 Å². The summed E-state index contributed by atoms with van der Waals surface area (Å²) >= 11 is 0. The molecule has 2 aliphatic carbocycles. The van der Waals surface area contributed by atoms with E-state index < -0.39 is 34.9 Å². The molecular weight excluding hydrogens is 758 g/mol. The van der Waals surface area contributed by atoms with Crippen LogP contribution in [-0.4, -0.2) is 36.6 Å². The Morgan fingerprint density at radius 2 is 1.03 bits per heavy atom. The molecule has 4 aliphatic rings. The van der Waals surface area contributed by atoms with Crippen LogP contribution in [0.2, 0.25) is 5.82 Å². The number of rotatable bonds is 19. The van der Waals surface area contributed by atoms with Crippen LogP contribution in [0.5, 0.6) is 0 Å². The summed E-state index contributed by atoms with van der Waals surface area (Å²) in [6.07, 6.45) is 24.0. The lowest BCUT2D eigenvalue weighted by Gasteiger charge is -2.39. The maximum Gasteiger partial charge on any atom is 0.494 e. The molecule has 2 unspecified atom stereocenters. The fourth-order valence-electron chi connectivity index (χ4n) is 10.6. The Morgan fingerprint density at radius 1 is 0.548 bits per heavy atom. The summed E-state index contributed by atoms with van der Waals surface area (Å²) in [5.41, 5.74) is 12.8. The highest BCUT2D eigenvalue weighted by atomic mass is 16.7. The van der Waals surface area contributed by atoms with Crippen LogP contribution in [0.15, 0.2) is 72.3 Å². The lowest BCUT2D eigenvalue weighted by Crippen LogP contribution is -2.41. The zero-order chi connectivity index (χ0) is 44.5. The van der Waals surface area contributed by atoms with Gasteiger partial charge < -0.3 is 18.6 Å². The molecule has 7 rings (SSSR count). The van der Waals surface area contributed by atoms with Crippen molar-refractivity contribution in [2.75, 3.05) is 0 Å². The average molecular weight is 839 g/mol. The number of allylic oxidation sites excluding steroid dienone is 4. The van der Waals surface area contributed by atoms with E-state index >= 15 is 0 Å². The molecule has 2 saturated heterocycles. The van der Waals surface area contributed by atoms with E-state index in [4.69, 9.17) is 18.6 Å². The average Bonchev–Trinajstić information content (AvgIpc) is 3.73. The zero-order valence-corrected chi connectivity index (χ0v) is 41.0. The molecule has 0 aromatic heterocycles. The third-order valence-corrected chi connectivity index (χ3v) is 15.6. The molecule has 2 atom stereocenters. The molecule has 2 heterocycles. The van der Waals surface area contributed by atoms with Crippen molar-refractivity contribution < 1.29 is 18.6 Å². The SMILES string of the molecule is CCCCCCc1cc(C)cc(C2(c3cc(CCCCCC)cc(CCCCCC)c3)C3=C(C=CC(B4OC(C)(C)C(C)(C)O4)C3)c3ccc(B4OC(C)(C)C(C)(C)O4)cc32)c1. The van der Waals surface area contributed by atoms with Gasteiger partial charge in [-0.1, -0.05) is 151 Å². The molecule has 0 saturated carbocycles. The Balaban J connectivity index is 1.47. The molecule has 6 heteroatoms. The van der Waals surface area contributed by atoms with Gasteiger partial charge in [-0.15, -0.1) is 0 Å². The van der Waals surface area contributed by atoms with Crippen LogP contribution in [0.4, 0.5) is 0 Å². The summed E-state index contributed by atoms with van der Waals surface area (Å²) in [6.45, 7) is 26.6. The first-order valence-electron chi connectivity index (χ1n) is 25.0. The van der Waals surface area contributed by atoms with E-state index in [1.165, 1.54) is 133 Å². The third kappa shape index (κ3) is 9.29. The minimum atomic E-state index is -0.543. The highest BCUT2D eigenvalue weighted by Gasteiger charge is 2.57. The maximum atomic E-state index is 6.87. The molecular formula is C56H80B2O4.